The van der Waals surface area contributed by atoms with Crippen molar-refractivity contribution in [2.75, 3.05) is 23.9 Å². The standard InChI is InChI=1S/C17H16F2N2O4/c1-3-21(12-7-8-14(18)15(19)10-12)17(23)25-13-6-4-5-11(9-13)20-16(22)24-2/h4-10H,3H2,1-2H3,(H,20,22). The van der Waals surface area contributed by atoms with Crippen LogP contribution in [0.4, 0.5) is 29.7 Å². The number of carbonyl (C=O) groups is 2. The van der Waals surface area contributed by atoms with Gasteiger partial charge in [-0.05, 0) is 31.2 Å². The van der Waals surface area contributed by atoms with Gasteiger partial charge in [-0.15, -0.1) is 0 Å². The van der Waals surface area contributed by atoms with Crippen molar-refractivity contribution < 1.29 is 27.8 Å². The lowest BCUT2D eigenvalue weighted by atomic mass is 10.2. The average molecular weight is 350 g/mol. The molecule has 0 bridgehead atoms. The molecule has 2 rings (SSSR count). The number of hydrogen-bond acceptors (Lipinski definition) is 4. The van der Waals surface area contributed by atoms with E-state index in [-0.39, 0.29) is 18.0 Å². The smallest absolute Gasteiger partial charge is 0.419 e. The number of methoxy groups -OCH3 is 1. The normalized spacial score (nSPS) is 10.1. The second-order valence-corrected chi connectivity index (χ2v) is 4.86. The van der Waals surface area contributed by atoms with Crippen molar-refractivity contribution in [1.29, 1.82) is 0 Å². The Morgan fingerprint density at radius 2 is 1.88 bits per heavy atom. The van der Waals surface area contributed by atoms with E-state index in [1.165, 1.54) is 25.3 Å². The second-order valence-electron chi connectivity index (χ2n) is 4.86. The van der Waals surface area contributed by atoms with Crippen LogP contribution in [-0.2, 0) is 4.74 Å². The van der Waals surface area contributed by atoms with Gasteiger partial charge in [0, 0.05) is 24.4 Å². The summed E-state index contributed by atoms with van der Waals surface area (Å²) in [5, 5.41) is 2.44. The van der Waals surface area contributed by atoms with Crippen LogP contribution in [0.3, 0.4) is 0 Å². The molecule has 0 atom stereocenters. The number of benzene rings is 2. The van der Waals surface area contributed by atoms with E-state index in [1.807, 2.05) is 0 Å². The van der Waals surface area contributed by atoms with E-state index in [0.717, 1.165) is 17.0 Å². The Morgan fingerprint density at radius 1 is 1.12 bits per heavy atom. The Hall–Kier alpha value is -3.16. The first-order valence-electron chi connectivity index (χ1n) is 7.34. The number of nitrogens with zero attached hydrogens (tertiary/aromatic N) is 1. The number of nitrogens with one attached hydrogen (secondary N) is 1. The summed E-state index contributed by atoms with van der Waals surface area (Å²) in [6.07, 6.45) is -1.44. The number of amides is 2. The van der Waals surface area contributed by atoms with Crippen LogP contribution in [0.25, 0.3) is 0 Å². The van der Waals surface area contributed by atoms with Gasteiger partial charge in [-0.1, -0.05) is 6.07 Å². The largest absolute Gasteiger partial charge is 0.453 e. The molecule has 25 heavy (non-hydrogen) atoms. The van der Waals surface area contributed by atoms with Crippen LogP contribution in [0.15, 0.2) is 42.5 Å². The average Bonchev–Trinajstić information content (AvgIpc) is 2.59. The number of halogens is 2. The molecule has 0 saturated heterocycles. The van der Waals surface area contributed by atoms with Gasteiger partial charge in [0.15, 0.2) is 11.6 Å². The van der Waals surface area contributed by atoms with Crippen LogP contribution in [0.5, 0.6) is 5.75 Å². The van der Waals surface area contributed by atoms with Gasteiger partial charge in [-0.3, -0.25) is 10.2 Å². The molecule has 2 amide bonds. The van der Waals surface area contributed by atoms with E-state index in [9.17, 15) is 18.4 Å². The third kappa shape index (κ3) is 4.66. The van der Waals surface area contributed by atoms with Crippen LogP contribution >= 0.6 is 0 Å². The minimum Gasteiger partial charge on any atom is -0.453 e. The quantitative estimate of drug-likeness (QED) is 0.899. The Morgan fingerprint density at radius 3 is 2.52 bits per heavy atom. The Kier molecular flexibility index (Phi) is 5.89. The summed E-state index contributed by atoms with van der Waals surface area (Å²) < 4.78 is 36.1. The summed E-state index contributed by atoms with van der Waals surface area (Å²) in [6, 6.07) is 9.21. The van der Waals surface area contributed by atoms with Crippen molar-refractivity contribution in [2.45, 2.75) is 6.92 Å². The summed E-state index contributed by atoms with van der Waals surface area (Å²) >= 11 is 0. The molecule has 0 heterocycles. The minimum atomic E-state index is -1.06. The zero-order chi connectivity index (χ0) is 18.4. The highest BCUT2D eigenvalue weighted by Gasteiger charge is 2.18. The zero-order valence-electron chi connectivity index (χ0n) is 13.6. The monoisotopic (exact) mass is 350 g/mol. The van der Waals surface area contributed by atoms with E-state index in [1.54, 1.807) is 19.1 Å². The summed E-state index contributed by atoms with van der Waals surface area (Å²) in [7, 11) is 1.22. The van der Waals surface area contributed by atoms with Crippen molar-refractivity contribution in [3.8, 4) is 5.75 Å². The molecular weight excluding hydrogens is 334 g/mol. The highest BCUT2D eigenvalue weighted by atomic mass is 19.2. The topological polar surface area (TPSA) is 67.9 Å². The fraction of sp³-hybridized carbons (Fsp3) is 0.176. The molecule has 0 aliphatic carbocycles. The molecule has 0 aromatic heterocycles. The molecule has 0 unspecified atom stereocenters. The molecule has 2 aromatic carbocycles. The fourth-order valence-corrected chi connectivity index (χ4v) is 2.03. The van der Waals surface area contributed by atoms with Crippen LogP contribution in [0.2, 0.25) is 0 Å². The maximum atomic E-state index is 13.4. The molecule has 8 heteroatoms. The van der Waals surface area contributed by atoms with Crippen molar-refractivity contribution in [3.05, 3.63) is 54.1 Å². The number of rotatable bonds is 4. The first-order chi connectivity index (χ1) is 11.9. The van der Waals surface area contributed by atoms with E-state index >= 15 is 0 Å². The maximum Gasteiger partial charge on any atom is 0.419 e. The van der Waals surface area contributed by atoms with Gasteiger partial charge in [0.25, 0.3) is 0 Å². The highest BCUT2D eigenvalue weighted by Crippen LogP contribution is 2.22. The van der Waals surface area contributed by atoms with E-state index in [4.69, 9.17) is 4.74 Å². The molecule has 6 nitrogen and oxygen atoms in total. The summed E-state index contributed by atoms with van der Waals surface area (Å²) in [4.78, 5) is 24.6. The van der Waals surface area contributed by atoms with Gasteiger partial charge in [0.1, 0.15) is 5.75 Å². The van der Waals surface area contributed by atoms with Crippen molar-refractivity contribution in [2.24, 2.45) is 0 Å². The molecule has 0 spiro atoms. The van der Waals surface area contributed by atoms with Gasteiger partial charge in [0.05, 0.1) is 12.8 Å². The van der Waals surface area contributed by atoms with Gasteiger partial charge in [0.2, 0.25) is 0 Å². The highest BCUT2D eigenvalue weighted by molar-refractivity contribution is 5.89. The predicted molar refractivity (Wildman–Crippen MR) is 87.9 cm³/mol. The molecule has 0 saturated carbocycles. The molecule has 2 aromatic rings. The third-order valence-electron chi connectivity index (χ3n) is 3.22. The molecule has 0 fully saturated rings. The summed E-state index contributed by atoms with van der Waals surface area (Å²) in [5.41, 5.74) is 0.531. The first-order valence-corrected chi connectivity index (χ1v) is 7.34. The second kappa shape index (κ2) is 8.09. The Balaban J connectivity index is 2.15. The Labute approximate surface area is 143 Å². The van der Waals surface area contributed by atoms with Crippen molar-refractivity contribution >= 4 is 23.6 Å². The van der Waals surface area contributed by atoms with Gasteiger partial charge in [-0.25, -0.2) is 18.4 Å². The lowest BCUT2D eigenvalue weighted by Crippen LogP contribution is -2.33. The van der Waals surface area contributed by atoms with Crippen LogP contribution in [-0.4, -0.2) is 25.8 Å². The van der Waals surface area contributed by atoms with Crippen LogP contribution in [0, 0.1) is 11.6 Å². The molecule has 0 aliphatic rings. The lowest BCUT2D eigenvalue weighted by molar-refractivity contribution is 0.187. The zero-order valence-corrected chi connectivity index (χ0v) is 13.6. The van der Waals surface area contributed by atoms with Gasteiger partial charge < -0.3 is 9.47 Å². The van der Waals surface area contributed by atoms with E-state index < -0.39 is 23.8 Å². The number of anilines is 2. The predicted octanol–water partition coefficient (Wildman–Crippen LogP) is 4.17. The third-order valence-corrected chi connectivity index (χ3v) is 3.22. The lowest BCUT2D eigenvalue weighted by Gasteiger charge is -2.20. The minimum absolute atomic E-state index is 0.162. The number of carbonyl (C=O) groups excluding carboxylic acids is 2. The van der Waals surface area contributed by atoms with Crippen molar-refractivity contribution in [1.82, 2.24) is 0 Å². The molecule has 0 radical (unpaired) electrons. The first kappa shape index (κ1) is 18.2. The maximum absolute atomic E-state index is 13.4. The summed E-state index contributed by atoms with van der Waals surface area (Å²) in [5.74, 6) is -1.90. The summed E-state index contributed by atoms with van der Waals surface area (Å²) in [6.45, 7) is 1.85. The fourth-order valence-electron chi connectivity index (χ4n) is 2.03. The Bertz CT molecular complexity index is 783. The van der Waals surface area contributed by atoms with Crippen molar-refractivity contribution in [3.63, 3.8) is 0 Å². The number of ether oxygens (including phenoxy) is 2. The molecule has 132 valence electrons. The SMILES string of the molecule is CCN(C(=O)Oc1cccc(NC(=O)OC)c1)c1ccc(F)c(F)c1. The van der Waals surface area contributed by atoms with Crippen LogP contribution in [0.1, 0.15) is 6.92 Å². The van der Waals surface area contributed by atoms with Crippen LogP contribution < -0.4 is 15.0 Å². The van der Waals surface area contributed by atoms with E-state index in [0.29, 0.717) is 5.69 Å². The number of hydrogen-bond donors (Lipinski definition) is 1. The van der Waals surface area contributed by atoms with E-state index in [2.05, 4.69) is 10.1 Å². The van der Waals surface area contributed by atoms with Gasteiger partial charge >= 0.3 is 12.2 Å². The van der Waals surface area contributed by atoms with Gasteiger partial charge in [-0.2, -0.15) is 0 Å². The molecular formula is C17H16F2N2O4. The molecule has 1 N–H and O–H groups in total. The molecule has 0 aliphatic heterocycles.